The van der Waals surface area contributed by atoms with Crippen molar-refractivity contribution in [1.82, 2.24) is 35.5 Å². The summed E-state index contributed by atoms with van der Waals surface area (Å²) in [5, 5.41) is 12.0. The minimum Gasteiger partial charge on any atom is -0.347 e. The Hall–Kier alpha value is -4.37. The van der Waals surface area contributed by atoms with E-state index >= 15 is 0 Å². The number of aromatic nitrogens is 6. The molecule has 0 atom stereocenters. The first-order valence-electron chi connectivity index (χ1n) is 11.4. The highest BCUT2D eigenvalue weighted by Gasteiger charge is 2.17. The van der Waals surface area contributed by atoms with E-state index in [1.165, 1.54) is 0 Å². The quantitative estimate of drug-likeness (QED) is 0.287. The number of nitrogens with one attached hydrogen (secondary N) is 3. The van der Waals surface area contributed by atoms with Crippen LogP contribution in [0.1, 0.15) is 19.4 Å². The van der Waals surface area contributed by atoms with E-state index in [1.54, 1.807) is 6.20 Å². The van der Waals surface area contributed by atoms with E-state index in [-0.39, 0.29) is 0 Å². The van der Waals surface area contributed by atoms with Gasteiger partial charge in [0.25, 0.3) is 0 Å². The van der Waals surface area contributed by atoms with Crippen molar-refractivity contribution in [3.63, 3.8) is 0 Å². The molecule has 0 bridgehead atoms. The van der Waals surface area contributed by atoms with E-state index in [9.17, 15) is 0 Å². The van der Waals surface area contributed by atoms with Gasteiger partial charge in [-0.2, -0.15) is 5.10 Å². The number of hydrogen-bond donors (Lipinski definition) is 3. The summed E-state index contributed by atoms with van der Waals surface area (Å²) < 4.78 is 0. The number of hydrogen-bond acceptors (Lipinski definition) is 7. The van der Waals surface area contributed by atoms with Gasteiger partial charge in [0.2, 0.25) is 0 Å². The van der Waals surface area contributed by atoms with Crippen molar-refractivity contribution < 1.29 is 0 Å². The number of imidazole rings is 1. The summed E-state index contributed by atoms with van der Waals surface area (Å²) in [7, 11) is 1.96. The molecule has 1 aromatic carbocycles. The Morgan fingerprint density at radius 1 is 1.20 bits per heavy atom. The Balaban J connectivity index is 1.56. The normalized spacial score (nSPS) is 11.9. The molecule has 176 valence electrons. The lowest BCUT2D eigenvalue weighted by atomic mass is 10.0. The molecule has 9 heteroatoms. The number of benzene rings is 1. The second-order valence-electron chi connectivity index (χ2n) is 8.35. The van der Waals surface area contributed by atoms with Gasteiger partial charge in [0.05, 0.1) is 16.9 Å². The van der Waals surface area contributed by atoms with Crippen LogP contribution in [0.3, 0.4) is 0 Å². The number of pyridine rings is 2. The standard InChI is InChI=1S/C26H27N9/c1-5-28-12-17-10-19(14-29-13-17)18-6-7-21-20(11-18)23(34-33-21)26-31-24-22(8-9-30-25(24)32-26)35(4)15-16(2)27-3/h6-11,13-15,28H,3,5,12H2,1-2,4H3,(H,33,34)(H,30,31,32)/b16-15-. The average molecular weight is 466 g/mol. The molecule has 5 rings (SSSR count). The Bertz CT molecular complexity index is 1540. The second-order valence-corrected chi connectivity index (χ2v) is 8.35. The van der Waals surface area contributed by atoms with Crippen LogP contribution in [0.2, 0.25) is 0 Å². The van der Waals surface area contributed by atoms with E-state index in [2.05, 4.69) is 67.3 Å². The number of fused-ring (bicyclic) bond motifs is 2. The monoisotopic (exact) mass is 465 g/mol. The molecule has 0 aliphatic heterocycles. The molecule has 0 aliphatic rings. The molecule has 0 saturated carbocycles. The van der Waals surface area contributed by atoms with Crippen LogP contribution >= 0.6 is 0 Å². The molecule has 0 unspecified atom stereocenters. The van der Waals surface area contributed by atoms with Gasteiger partial charge in [0, 0.05) is 49.3 Å². The lowest BCUT2D eigenvalue weighted by molar-refractivity contribution is 0.724. The van der Waals surface area contributed by atoms with Gasteiger partial charge < -0.3 is 15.2 Å². The molecule has 0 saturated heterocycles. The first-order valence-corrected chi connectivity index (χ1v) is 11.4. The summed E-state index contributed by atoms with van der Waals surface area (Å²) in [5.74, 6) is 0.651. The number of nitrogens with zero attached hydrogens (tertiary/aromatic N) is 6. The smallest absolute Gasteiger partial charge is 0.180 e. The zero-order valence-electron chi connectivity index (χ0n) is 20.0. The van der Waals surface area contributed by atoms with E-state index in [1.807, 2.05) is 49.6 Å². The van der Waals surface area contributed by atoms with Crippen molar-refractivity contribution in [2.75, 3.05) is 18.5 Å². The molecule has 0 aliphatic carbocycles. The van der Waals surface area contributed by atoms with Crippen molar-refractivity contribution in [3.05, 3.63) is 66.4 Å². The maximum Gasteiger partial charge on any atom is 0.180 e. The molecule has 4 aromatic heterocycles. The van der Waals surface area contributed by atoms with Crippen LogP contribution in [0.25, 0.3) is 44.7 Å². The molecule has 0 spiro atoms. The van der Waals surface area contributed by atoms with E-state index in [4.69, 9.17) is 4.98 Å². The average Bonchev–Trinajstić information content (AvgIpc) is 3.50. The molecule has 0 radical (unpaired) electrons. The molecule has 0 fully saturated rings. The Morgan fingerprint density at radius 3 is 2.91 bits per heavy atom. The van der Waals surface area contributed by atoms with Gasteiger partial charge in [0.15, 0.2) is 11.5 Å². The summed E-state index contributed by atoms with van der Waals surface area (Å²) in [6.45, 7) is 9.29. The third-order valence-corrected chi connectivity index (χ3v) is 5.87. The number of H-pyrrole nitrogens is 2. The first-order chi connectivity index (χ1) is 17.1. The highest BCUT2D eigenvalue weighted by Crippen LogP contribution is 2.32. The third kappa shape index (κ3) is 4.41. The fourth-order valence-electron chi connectivity index (χ4n) is 4.08. The number of rotatable bonds is 8. The van der Waals surface area contributed by atoms with Crippen LogP contribution in [0, 0.1) is 0 Å². The molecule has 5 aromatic rings. The molecule has 9 nitrogen and oxygen atoms in total. The van der Waals surface area contributed by atoms with Crippen LogP contribution in [0.15, 0.2) is 65.8 Å². The lowest BCUT2D eigenvalue weighted by Crippen LogP contribution is -2.11. The molecular formula is C26H27N9. The molecule has 3 N–H and O–H groups in total. The fraction of sp³-hybridized carbons (Fsp3) is 0.192. The van der Waals surface area contributed by atoms with E-state index < -0.39 is 0 Å². The Morgan fingerprint density at radius 2 is 2.09 bits per heavy atom. The van der Waals surface area contributed by atoms with Crippen molar-refractivity contribution in [2.24, 2.45) is 4.99 Å². The molecule has 4 heterocycles. The summed E-state index contributed by atoms with van der Waals surface area (Å²) in [6.07, 6.45) is 7.44. The minimum absolute atomic E-state index is 0.620. The fourth-order valence-corrected chi connectivity index (χ4v) is 4.08. The largest absolute Gasteiger partial charge is 0.347 e. The van der Waals surface area contributed by atoms with Crippen LogP contribution in [0.4, 0.5) is 5.69 Å². The maximum absolute atomic E-state index is 4.75. The number of anilines is 1. The maximum atomic E-state index is 4.75. The zero-order valence-corrected chi connectivity index (χ0v) is 20.0. The van der Waals surface area contributed by atoms with Gasteiger partial charge in [-0.1, -0.05) is 13.0 Å². The Labute approximate surface area is 203 Å². The zero-order chi connectivity index (χ0) is 24.4. The highest BCUT2D eigenvalue weighted by molar-refractivity contribution is 5.96. The molecule has 35 heavy (non-hydrogen) atoms. The summed E-state index contributed by atoms with van der Waals surface area (Å²) >= 11 is 0. The van der Waals surface area contributed by atoms with Gasteiger partial charge in [-0.25, -0.2) is 9.97 Å². The second kappa shape index (κ2) is 9.47. The van der Waals surface area contributed by atoms with E-state index in [0.29, 0.717) is 11.5 Å². The predicted octanol–water partition coefficient (Wildman–Crippen LogP) is 4.67. The van der Waals surface area contributed by atoms with Crippen molar-refractivity contribution >= 4 is 34.5 Å². The van der Waals surface area contributed by atoms with Gasteiger partial charge in [0.1, 0.15) is 11.2 Å². The predicted molar refractivity (Wildman–Crippen MR) is 141 cm³/mol. The van der Waals surface area contributed by atoms with Crippen molar-refractivity contribution in [3.8, 4) is 22.6 Å². The Kier molecular flexibility index (Phi) is 6.07. The summed E-state index contributed by atoms with van der Waals surface area (Å²) in [4.78, 5) is 23.0. The van der Waals surface area contributed by atoms with Crippen LogP contribution in [0.5, 0.6) is 0 Å². The lowest BCUT2D eigenvalue weighted by Gasteiger charge is -2.15. The van der Waals surface area contributed by atoms with Gasteiger partial charge in [-0.3, -0.25) is 15.1 Å². The summed E-state index contributed by atoms with van der Waals surface area (Å²) in [5.41, 5.74) is 8.13. The van der Waals surface area contributed by atoms with Crippen molar-refractivity contribution in [2.45, 2.75) is 20.4 Å². The van der Waals surface area contributed by atoms with Crippen molar-refractivity contribution in [1.29, 1.82) is 0 Å². The number of aromatic amines is 2. The van der Waals surface area contributed by atoms with Crippen LogP contribution in [-0.4, -0.2) is 50.4 Å². The highest BCUT2D eigenvalue weighted by atomic mass is 15.2. The van der Waals surface area contributed by atoms with Crippen LogP contribution < -0.4 is 10.2 Å². The first kappa shape index (κ1) is 22.4. The summed E-state index contributed by atoms with van der Waals surface area (Å²) in [6, 6.07) is 10.3. The minimum atomic E-state index is 0.620. The molecular weight excluding hydrogens is 438 g/mol. The van der Waals surface area contributed by atoms with Gasteiger partial charge in [-0.15, -0.1) is 0 Å². The van der Waals surface area contributed by atoms with E-state index in [0.717, 1.165) is 63.3 Å². The molecule has 0 amide bonds. The van der Waals surface area contributed by atoms with Gasteiger partial charge in [-0.05, 0) is 55.6 Å². The SMILES string of the molecule is C=N/C(C)=C\N(C)c1ccnc2nc(-c3n[nH]c4ccc(-c5cncc(CNCC)c5)cc34)[nH]c12. The van der Waals surface area contributed by atoms with Crippen LogP contribution in [-0.2, 0) is 6.54 Å². The topological polar surface area (TPSA) is 111 Å². The third-order valence-electron chi connectivity index (χ3n) is 5.87. The number of aliphatic imine (C=N–C) groups is 1. The number of allylic oxidation sites excluding steroid dienone is 1. The van der Waals surface area contributed by atoms with Gasteiger partial charge >= 0.3 is 0 Å².